The lowest BCUT2D eigenvalue weighted by Gasteiger charge is -2.34. The van der Waals surface area contributed by atoms with Crippen molar-refractivity contribution < 1.29 is 14.3 Å². The molecule has 1 rings (SSSR count). The van der Waals surface area contributed by atoms with E-state index >= 15 is 0 Å². The molecule has 1 atom stereocenters. The third kappa shape index (κ3) is 5.84. The summed E-state index contributed by atoms with van der Waals surface area (Å²) >= 11 is 1.57. The van der Waals surface area contributed by atoms with Crippen LogP contribution in [-0.4, -0.2) is 66.8 Å². The molecule has 1 aromatic heterocycles. The van der Waals surface area contributed by atoms with Gasteiger partial charge in [0.1, 0.15) is 11.6 Å². The van der Waals surface area contributed by atoms with Gasteiger partial charge in [-0.15, -0.1) is 11.3 Å². The molecule has 0 saturated carbocycles. The second-order valence-electron chi connectivity index (χ2n) is 6.60. The van der Waals surface area contributed by atoms with E-state index in [4.69, 9.17) is 4.74 Å². The Labute approximate surface area is 142 Å². The van der Waals surface area contributed by atoms with Crippen molar-refractivity contribution in [3.05, 3.63) is 22.4 Å². The standard InChI is InChI=1S/C16H27N3O3S/c1-16(2,3)22-15(21)18(6)13(11-12-9-8-10-23-12)14(20)19(7)17(4)5/h8-10,13H,11H2,1-7H3/t13-/m1/s1. The molecule has 0 radical (unpaired) electrons. The zero-order valence-corrected chi connectivity index (χ0v) is 15.8. The minimum Gasteiger partial charge on any atom is -0.444 e. The molecule has 0 spiro atoms. The number of ether oxygens (including phenoxy) is 1. The molecule has 6 nitrogen and oxygen atoms in total. The monoisotopic (exact) mass is 341 g/mol. The summed E-state index contributed by atoms with van der Waals surface area (Å²) in [7, 11) is 6.86. The quantitative estimate of drug-likeness (QED) is 0.772. The Morgan fingerprint density at radius 3 is 2.26 bits per heavy atom. The molecule has 7 heteroatoms. The summed E-state index contributed by atoms with van der Waals surface area (Å²) in [4.78, 5) is 27.5. The summed E-state index contributed by atoms with van der Waals surface area (Å²) in [5, 5.41) is 5.14. The molecule has 0 bridgehead atoms. The first-order valence-corrected chi connectivity index (χ1v) is 8.34. The Balaban J connectivity index is 2.98. The van der Waals surface area contributed by atoms with Crippen molar-refractivity contribution in [1.29, 1.82) is 0 Å². The van der Waals surface area contributed by atoms with Crippen LogP contribution in [0.15, 0.2) is 17.5 Å². The van der Waals surface area contributed by atoms with Gasteiger partial charge in [0.15, 0.2) is 0 Å². The van der Waals surface area contributed by atoms with Crippen LogP contribution >= 0.6 is 11.3 Å². The highest BCUT2D eigenvalue weighted by molar-refractivity contribution is 7.09. The van der Waals surface area contributed by atoms with Gasteiger partial charge in [0, 0.05) is 39.5 Å². The van der Waals surface area contributed by atoms with E-state index in [1.54, 1.807) is 65.3 Å². The number of likely N-dealkylation sites (N-methyl/N-ethyl adjacent to an activating group) is 2. The predicted molar refractivity (Wildman–Crippen MR) is 92.3 cm³/mol. The minimum absolute atomic E-state index is 0.156. The second-order valence-corrected chi connectivity index (χ2v) is 7.63. The van der Waals surface area contributed by atoms with Gasteiger partial charge in [0.25, 0.3) is 5.91 Å². The smallest absolute Gasteiger partial charge is 0.410 e. The average Bonchev–Trinajstić information content (AvgIpc) is 2.93. The van der Waals surface area contributed by atoms with Crippen LogP contribution in [0.5, 0.6) is 0 Å². The molecule has 1 aromatic rings. The predicted octanol–water partition coefficient (Wildman–Crippen LogP) is 2.46. The summed E-state index contributed by atoms with van der Waals surface area (Å²) in [6.07, 6.45) is -0.0377. The number of rotatable bonds is 5. The largest absolute Gasteiger partial charge is 0.444 e. The first-order valence-electron chi connectivity index (χ1n) is 7.46. The molecule has 0 aromatic carbocycles. The van der Waals surface area contributed by atoms with Crippen LogP contribution in [0.4, 0.5) is 4.79 Å². The van der Waals surface area contributed by atoms with E-state index in [9.17, 15) is 9.59 Å². The fourth-order valence-electron chi connectivity index (χ4n) is 1.88. The zero-order valence-electron chi connectivity index (χ0n) is 15.0. The van der Waals surface area contributed by atoms with Crippen LogP contribution in [-0.2, 0) is 16.0 Å². The molecule has 0 saturated heterocycles. The summed E-state index contributed by atoms with van der Waals surface area (Å²) in [5.41, 5.74) is -0.602. The molecular weight excluding hydrogens is 314 g/mol. The van der Waals surface area contributed by atoms with E-state index in [-0.39, 0.29) is 5.91 Å². The highest BCUT2D eigenvalue weighted by atomic mass is 32.1. The van der Waals surface area contributed by atoms with Crippen molar-refractivity contribution in [3.63, 3.8) is 0 Å². The van der Waals surface area contributed by atoms with E-state index in [0.717, 1.165) is 4.88 Å². The molecule has 0 aliphatic rings. The molecule has 2 amide bonds. The number of hydrogen-bond acceptors (Lipinski definition) is 5. The second kappa shape index (κ2) is 7.79. The van der Waals surface area contributed by atoms with Gasteiger partial charge in [0.05, 0.1) is 0 Å². The first kappa shape index (κ1) is 19.4. The lowest BCUT2D eigenvalue weighted by molar-refractivity contribution is -0.147. The van der Waals surface area contributed by atoms with Gasteiger partial charge >= 0.3 is 6.09 Å². The van der Waals surface area contributed by atoms with Crippen molar-refractivity contribution >= 4 is 23.3 Å². The zero-order chi connectivity index (χ0) is 17.8. The number of thiophene rings is 1. The molecule has 130 valence electrons. The van der Waals surface area contributed by atoms with Gasteiger partial charge in [-0.05, 0) is 32.2 Å². The topological polar surface area (TPSA) is 53.1 Å². The van der Waals surface area contributed by atoms with E-state index in [2.05, 4.69) is 0 Å². The van der Waals surface area contributed by atoms with Crippen molar-refractivity contribution in [3.8, 4) is 0 Å². The number of carbonyl (C=O) groups is 2. The number of nitrogens with zero attached hydrogens (tertiary/aromatic N) is 3. The molecular formula is C16H27N3O3S. The summed E-state index contributed by atoms with van der Waals surface area (Å²) in [5.74, 6) is -0.156. The van der Waals surface area contributed by atoms with Crippen LogP contribution in [0.1, 0.15) is 25.6 Å². The van der Waals surface area contributed by atoms with Crippen LogP contribution in [0.2, 0.25) is 0 Å². The highest BCUT2D eigenvalue weighted by Gasteiger charge is 2.33. The van der Waals surface area contributed by atoms with E-state index in [1.807, 2.05) is 17.5 Å². The van der Waals surface area contributed by atoms with Crippen molar-refractivity contribution in [1.82, 2.24) is 14.9 Å². The van der Waals surface area contributed by atoms with Crippen molar-refractivity contribution in [2.45, 2.75) is 38.8 Å². The Bertz CT molecular complexity index is 523. The third-order valence-corrected chi connectivity index (χ3v) is 4.23. The normalized spacial score (nSPS) is 12.9. The number of amides is 2. The molecule has 0 N–H and O–H groups in total. The average molecular weight is 341 g/mol. The van der Waals surface area contributed by atoms with Gasteiger partial charge in [0.2, 0.25) is 0 Å². The lowest BCUT2D eigenvalue weighted by Crippen LogP contribution is -2.53. The molecule has 0 aliphatic heterocycles. The first-order chi connectivity index (χ1) is 10.5. The Hall–Kier alpha value is -1.60. The fraction of sp³-hybridized carbons (Fsp3) is 0.625. The molecule has 0 fully saturated rings. The number of carbonyl (C=O) groups excluding carboxylic acids is 2. The van der Waals surface area contributed by atoms with Crippen molar-refractivity contribution in [2.75, 3.05) is 28.2 Å². The fourth-order valence-corrected chi connectivity index (χ4v) is 2.63. The lowest BCUT2D eigenvalue weighted by atomic mass is 10.1. The van der Waals surface area contributed by atoms with Crippen LogP contribution in [0.25, 0.3) is 0 Å². The van der Waals surface area contributed by atoms with Crippen molar-refractivity contribution in [2.24, 2.45) is 0 Å². The van der Waals surface area contributed by atoms with Gasteiger partial charge in [-0.1, -0.05) is 6.07 Å². The third-order valence-electron chi connectivity index (χ3n) is 3.33. The molecule has 0 aliphatic carbocycles. The van der Waals surface area contributed by atoms with Gasteiger partial charge < -0.3 is 4.74 Å². The Kier molecular flexibility index (Phi) is 6.58. The molecule has 23 heavy (non-hydrogen) atoms. The van der Waals surface area contributed by atoms with E-state index in [1.165, 1.54) is 9.91 Å². The molecule has 1 heterocycles. The highest BCUT2D eigenvalue weighted by Crippen LogP contribution is 2.18. The minimum atomic E-state index is -0.615. The maximum atomic E-state index is 12.8. The van der Waals surface area contributed by atoms with Gasteiger partial charge in [-0.25, -0.2) is 9.80 Å². The Morgan fingerprint density at radius 1 is 1.22 bits per heavy atom. The number of hydrogen-bond donors (Lipinski definition) is 0. The van der Waals surface area contributed by atoms with Crippen LogP contribution in [0.3, 0.4) is 0 Å². The van der Waals surface area contributed by atoms with Gasteiger partial charge in [-0.2, -0.15) is 0 Å². The van der Waals surface area contributed by atoms with E-state index in [0.29, 0.717) is 6.42 Å². The SMILES string of the molecule is CN(C(=O)OC(C)(C)C)[C@H](Cc1cccs1)C(=O)N(C)N(C)C. The Morgan fingerprint density at radius 2 is 1.83 bits per heavy atom. The number of hydrazine groups is 1. The molecule has 0 unspecified atom stereocenters. The van der Waals surface area contributed by atoms with Gasteiger partial charge in [-0.3, -0.25) is 14.7 Å². The van der Waals surface area contributed by atoms with Crippen LogP contribution in [0, 0.1) is 0 Å². The maximum absolute atomic E-state index is 12.8. The summed E-state index contributed by atoms with van der Waals surface area (Å²) in [6.45, 7) is 5.42. The maximum Gasteiger partial charge on any atom is 0.410 e. The van der Waals surface area contributed by atoms with Crippen LogP contribution < -0.4 is 0 Å². The van der Waals surface area contributed by atoms with E-state index < -0.39 is 17.7 Å². The summed E-state index contributed by atoms with van der Waals surface area (Å²) in [6, 6.07) is 3.28. The summed E-state index contributed by atoms with van der Waals surface area (Å²) < 4.78 is 5.40.